The third-order valence-electron chi connectivity index (χ3n) is 6.84. The highest BCUT2D eigenvalue weighted by Gasteiger charge is 2.10. The number of ketones is 1. The number of nitrogens with zero attached hydrogens (tertiary/aromatic N) is 1. The number of methoxy groups -OCH3 is 1. The topological polar surface area (TPSA) is 29.5 Å². The van der Waals surface area contributed by atoms with E-state index in [2.05, 4.69) is 42.5 Å². The molecule has 0 N–H and O–H groups in total. The summed E-state index contributed by atoms with van der Waals surface area (Å²) in [6.45, 7) is 3.38. The zero-order valence-electron chi connectivity index (χ0n) is 22.5. The van der Waals surface area contributed by atoms with Gasteiger partial charge in [-0.3, -0.25) is 4.79 Å². The Labute approximate surface area is 215 Å². The molecule has 0 saturated heterocycles. The molecule has 0 fully saturated rings. The molecule has 3 nitrogen and oxygen atoms in total. The van der Waals surface area contributed by atoms with Crippen LogP contribution >= 0.6 is 0 Å². The van der Waals surface area contributed by atoms with E-state index in [1.54, 1.807) is 12.2 Å². The summed E-state index contributed by atoms with van der Waals surface area (Å²) in [5.41, 5.74) is 2.12. The van der Waals surface area contributed by atoms with Crippen molar-refractivity contribution in [2.24, 2.45) is 0 Å². The Morgan fingerprint density at radius 1 is 0.657 bits per heavy atom. The van der Waals surface area contributed by atoms with Gasteiger partial charge in [0.1, 0.15) is 0 Å². The minimum absolute atomic E-state index is 0.0838. The summed E-state index contributed by atoms with van der Waals surface area (Å²) < 4.78 is 5.11. The first kappa shape index (κ1) is 28.9. The number of carbonyl (C=O) groups is 1. The third kappa shape index (κ3) is 13.4. The van der Waals surface area contributed by atoms with Gasteiger partial charge in [0.15, 0.2) is 5.76 Å². The zero-order chi connectivity index (χ0) is 25.0. The number of unbranched alkanes of at least 4 members (excludes halogenated alkanes) is 15. The van der Waals surface area contributed by atoms with Crippen LogP contribution in [0.4, 0.5) is 0 Å². The first-order valence-electron chi connectivity index (χ1n) is 14.2. The van der Waals surface area contributed by atoms with Gasteiger partial charge in [0, 0.05) is 18.9 Å². The van der Waals surface area contributed by atoms with Gasteiger partial charge in [0.05, 0.1) is 7.11 Å². The van der Waals surface area contributed by atoms with Crippen molar-refractivity contribution in [2.45, 2.75) is 110 Å². The molecule has 0 spiro atoms. The van der Waals surface area contributed by atoms with E-state index in [0.29, 0.717) is 5.76 Å². The summed E-state index contributed by atoms with van der Waals surface area (Å²) in [6, 6.07) is 0. The van der Waals surface area contributed by atoms with E-state index in [1.807, 2.05) is 12.2 Å². The van der Waals surface area contributed by atoms with E-state index in [0.717, 1.165) is 17.7 Å². The van der Waals surface area contributed by atoms with Crippen molar-refractivity contribution < 1.29 is 9.53 Å². The molecule has 0 atom stereocenters. The second kappa shape index (κ2) is 19.0. The molecule has 1 aliphatic carbocycles. The molecule has 3 heteroatoms. The maximum atomic E-state index is 11.6. The maximum Gasteiger partial charge on any atom is 0.220 e. The van der Waals surface area contributed by atoms with Crippen LogP contribution in [-0.4, -0.2) is 24.3 Å². The molecule has 0 bridgehead atoms. The van der Waals surface area contributed by atoms with Crippen LogP contribution in [0.25, 0.3) is 0 Å². The van der Waals surface area contributed by atoms with E-state index < -0.39 is 0 Å². The summed E-state index contributed by atoms with van der Waals surface area (Å²) in [5.74, 6) is 0.302. The Kier molecular flexibility index (Phi) is 15.7. The Balaban J connectivity index is 1.43. The molecule has 194 valence electrons. The van der Waals surface area contributed by atoms with Crippen molar-refractivity contribution in [3.05, 3.63) is 71.8 Å². The molecule has 0 aromatic carbocycles. The van der Waals surface area contributed by atoms with E-state index in [9.17, 15) is 4.79 Å². The molecule has 0 radical (unpaired) electrons. The SMILES string of the molecule is CCCCCCCCCCCCCCCCCCN1C=CC(=C/C=C2/C=CC(=O)C(OC)=C2)C=C1. The predicted octanol–water partition coefficient (Wildman–Crippen LogP) is 9.11. The minimum Gasteiger partial charge on any atom is -0.493 e. The number of hydrogen-bond donors (Lipinski definition) is 0. The van der Waals surface area contributed by atoms with Gasteiger partial charge in [0.2, 0.25) is 5.78 Å². The van der Waals surface area contributed by atoms with Gasteiger partial charge in [-0.1, -0.05) is 121 Å². The molecule has 1 heterocycles. The summed E-state index contributed by atoms with van der Waals surface area (Å²) in [7, 11) is 1.53. The largest absolute Gasteiger partial charge is 0.493 e. The van der Waals surface area contributed by atoms with E-state index in [1.165, 1.54) is 110 Å². The molecule has 0 aromatic heterocycles. The standard InChI is InChI=1S/C32H49NO2/c1-3-4-5-6-7-8-9-10-11-12-13-14-15-16-17-18-25-33-26-23-29(24-27-33)19-20-30-21-22-31(34)32(28-30)35-2/h19-24,26-28H,3-18,25H2,1-2H3/b30-20-. The molecular formula is C32H49NO2. The van der Waals surface area contributed by atoms with Crippen LogP contribution < -0.4 is 0 Å². The van der Waals surface area contributed by atoms with Crippen LogP contribution in [0.15, 0.2) is 71.8 Å². The quantitative estimate of drug-likeness (QED) is 0.173. The number of carbonyl (C=O) groups excluding carboxylic acids is 1. The molecule has 0 aromatic rings. The average molecular weight is 480 g/mol. The summed E-state index contributed by atoms with van der Waals surface area (Å²) in [5, 5.41) is 0. The van der Waals surface area contributed by atoms with Gasteiger partial charge >= 0.3 is 0 Å². The zero-order valence-corrected chi connectivity index (χ0v) is 22.5. The lowest BCUT2D eigenvalue weighted by Gasteiger charge is -2.18. The minimum atomic E-state index is -0.0838. The summed E-state index contributed by atoms with van der Waals surface area (Å²) >= 11 is 0. The van der Waals surface area contributed by atoms with Crippen molar-refractivity contribution in [2.75, 3.05) is 13.7 Å². The van der Waals surface area contributed by atoms with Crippen molar-refractivity contribution in [1.82, 2.24) is 4.90 Å². The van der Waals surface area contributed by atoms with Crippen LogP contribution in [0.3, 0.4) is 0 Å². The highest BCUT2D eigenvalue weighted by atomic mass is 16.5. The van der Waals surface area contributed by atoms with Crippen molar-refractivity contribution in [1.29, 1.82) is 0 Å². The molecule has 0 saturated carbocycles. The van der Waals surface area contributed by atoms with Crippen LogP contribution in [-0.2, 0) is 9.53 Å². The van der Waals surface area contributed by atoms with Crippen molar-refractivity contribution in [3.8, 4) is 0 Å². The lowest BCUT2D eigenvalue weighted by Crippen LogP contribution is -2.13. The predicted molar refractivity (Wildman–Crippen MR) is 150 cm³/mol. The van der Waals surface area contributed by atoms with E-state index >= 15 is 0 Å². The van der Waals surface area contributed by atoms with Gasteiger partial charge in [-0.25, -0.2) is 0 Å². The molecular weight excluding hydrogens is 430 g/mol. The van der Waals surface area contributed by atoms with Crippen LogP contribution in [0.2, 0.25) is 0 Å². The first-order valence-corrected chi connectivity index (χ1v) is 14.2. The molecule has 2 aliphatic rings. The normalized spacial score (nSPS) is 16.3. The number of ether oxygens (including phenoxy) is 1. The summed E-state index contributed by atoms with van der Waals surface area (Å²) in [4.78, 5) is 13.9. The highest BCUT2D eigenvalue weighted by Crippen LogP contribution is 2.17. The highest BCUT2D eigenvalue weighted by molar-refractivity contribution is 6.04. The first-order chi connectivity index (χ1) is 17.2. The Bertz CT molecular complexity index is 765. The Hall–Kier alpha value is -2.29. The maximum absolute atomic E-state index is 11.6. The number of hydrogen-bond acceptors (Lipinski definition) is 3. The van der Waals surface area contributed by atoms with Crippen LogP contribution in [0, 0.1) is 0 Å². The molecule has 1 aliphatic heterocycles. The molecule has 2 rings (SSSR count). The lowest BCUT2D eigenvalue weighted by atomic mass is 10.0. The Morgan fingerprint density at radius 3 is 1.66 bits per heavy atom. The lowest BCUT2D eigenvalue weighted by molar-refractivity contribution is -0.114. The van der Waals surface area contributed by atoms with Gasteiger partial charge in [-0.15, -0.1) is 0 Å². The smallest absolute Gasteiger partial charge is 0.220 e. The van der Waals surface area contributed by atoms with Crippen LogP contribution in [0.5, 0.6) is 0 Å². The molecule has 35 heavy (non-hydrogen) atoms. The van der Waals surface area contributed by atoms with E-state index in [4.69, 9.17) is 4.74 Å². The average Bonchev–Trinajstić information content (AvgIpc) is 2.88. The molecule has 0 unspecified atom stereocenters. The van der Waals surface area contributed by atoms with Gasteiger partial charge in [0.25, 0.3) is 0 Å². The van der Waals surface area contributed by atoms with Crippen molar-refractivity contribution in [3.63, 3.8) is 0 Å². The second-order valence-corrected chi connectivity index (χ2v) is 9.92. The van der Waals surface area contributed by atoms with Gasteiger partial charge in [-0.05, 0) is 41.9 Å². The third-order valence-corrected chi connectivity index (χ3v) is 6.84. The fraction of sp³-hybridized carbons (Fsp3) is 0.594. The fourth-order valence-electron chi connectivity index (χ4n) is 4.55. The monoisotopic (exact) mass is 479 g/mol. The summed E-state index contributed by atoms with van der Waals surface area (Å²) in [6.07, 6.45) is 40.3. The van der Waals surface area contributed by atoms with Gasteiger partial charge < -0.3 is 9.64 Å². The number of rotatable bonds is 19. The molecule has 0 amide bonds. The number of allylic oxidation sites excluding steroid dienone is 9. The van der Waals surface area contributed by atoms with Crippen molar-refractivity contribution >= 4 is 5.78 Å². The van der Waals surface area contributed by atoms with Crippen LogP contribution in [0.1, 0.15) is 110 Å². The Morgan fingerprint density at radius 2 is 1.14 bits per heavy atom. The fourth-order valence-corrected chi connectivity index (χ4v) is 4.55. The second-order valence-electron chi connectivity index (χ2n) is 9.92. The van der Waals surface area contributed by atoms with Gasteiger partial charge in [-0.2, -0.15) is 0 Å². The van der Waals surface area contributed by atoms with E-state index in [-0.39, 0.29) is 5.78 Å².